The number of ether oxygens (including phenoxy) is 2. The average molecular weight is 603 g/mol. The van der Waals surface area contributed by atoms with E-state index < -0.39 is 24.6 Å². The Labute approximate surface area is 232 Å². The lowest BCUT2D eigenvalue weighted by atomic mass is 9.89. The second-order valence-electron chi connectivity index (χ2n) is 9.10. The number of carboxylic acids is 2. The summed E-state index contributed by atoms with van der Waals surface area (Å²) in [6, 6.07) is 16.7. The summed E-state index contributed by atoms with van der Waals surface area (Å²) in [6.07, 6.45) is 5.12. The number of thiophene rings is 1. The molecule has 38 heavy (non-hydrogen) atoms. The second kappa shape index (κ2) is 12.9. The molecule has 2 N–H and O–H groups in total. The molecule has 0 saturated heterocycles. The van der Waals surface area contributed by atoms with Crippen molar-refractivity contribution in [1.82, 2.24) is 0 Å². The van der Waals surface area contributed by atoms with Gasteiger partial charge in [-0.15, -0.1) is 11.3 Å². The first-order valence-electron chi connectivity index (χ1n) is 12.3. The maximum absolute atomic E-state index is 13.3. The van der Waals surface area contributed by atoms with E-state index in [1.807, 2.05) is 42.5 Å². The van der Waals surface area contributed by atoms with Crippen molar-refractivity contribution < 1.29 is 34.1 Å². The number of rotatable bonds is 10. The molecule has 4 rings (SSSR count). The number of anilines is 1. The summed E-state index contributed by atoms with van der Waals surface area (Å²) in [5.74, 6) is -2.11. The number of carbonyl (C=O) groups excluding carboxylic acids is 1. The molecule has 0 spiro atoms. The molecule has 0 radical (unpaired) electrons. The van der Waals surface area contributed by atoms with Crippen molar-refractivity contribution in [2.75, 3.05) is 18.1 Å². The van der Waals surface area contributed by atoms with Crippen molar-refractivity contribution in [2.24, 2.45) is 5.92 Å². The predicted octanol–water partition coefficient (Wildman–Crippen LogP) is 7.06. The van der Waals surface area contributed by atoms with E-state index in [1.54, 1.807) is 17.0 Å². The molecule has 1 aliphatic rings. The van der Waals surface area contributed by atoms with Gasteiger partial charge < -0.3 is 19.7 Å². The van der Waals surface area contributed by atoms with Crippen molar-refractivity contribution in [3.8, 4) is 16.2 Å². The summed E-state index contributed by atoms with van der Waals surface area (Å²) < 4.78 is 11.3. The van der Waals surface area contributed by atoms with Crippen molar-refractivity contribution in [3.63, 3.8) is 0 Å². The number of aromatic carboxylic acids is 1. The molecule has 8 nitrogen and oxygen atoms in total. The Kier molecular flexibility index (Phi) is 9.41. The van der Waals surface area contributed by atoms with E-state index in [0.717, 1.165) is 42.6 Å². The van der Waals surface area contributed by atoms with Crippen LogP contribution >= 0.6 is 27.3 Å². The van der Waals surface area contributed by atoms with Crippen LogP contribution in [-0.2, 0) is 16.1 Å². The molecule has 0 atom stereocenters. The van der Waals surface area contributed by atoms with Crippen LogP contribution in [0.1, 0.15) is 47.3 Å². The zero-order chi connectivity index (χ0) is 27.1. The molecule has 1 fully saturated rings. The Morgan fingerprint density at radius 3 is 2.42 bits per heavy atom. The van der Waals surface area contributed by atoms with E-state index >= 15 is 0 Å². The molecule has 1 aromatic heterocycles. The first-order valence-corrected chi connectivity index (χ1v) is 13.9. The minimum absolute atomic E-state index is 0.0355. The summed E-state index contributed by atoms with van der Waals surface area (Å²) in [7, 11) is 0. The molecule has 10 heteroatoms. The Bertz CT molecular complexity index is 1290. The number of nitrogens with zero attached hydrogens (tertiary/aromatic N) is 1. The smallest absolute Gasteiger partial charge is 0.414 e. The topological polar surface area (TPSA) is 113 Å². The standard InChI is InChI=1S/C28H28BrNO7S/c29-23-24(36-17-22(31)32)26(27(33)34)38-25(23)20-12-7-13-21(14-20)30(15-18-8-3-1-4-9-18)28(35)37-16-19-10-5-2-6-11-19/h2,5-7,10-14,18H,1,3-4,8-9,15-17H2,(H,31,32)(H,33,34). The van der Waals surface area contributed by atoms with Gasteiger partial charge in [-0.05, 0) is 57.9 Å². The predicted molar refractivity (Wildman–Crippen MR) is 148 cm³/mol. The highest BCUT2D eigenvalue weighted by molar-refractivity contribution is 9.10. The van der Waals surface area contributed by atoms with E-state index in [4.69, 9.17) is 14.6 Å². The summed E-state index contributed by atoms with van der Waals surface area (Å²) in [4.78, 5) is 38.3. The zero-order valence-electron chi connectivity index (χ0n) is 20.6. The lowest BCUT2D eigenvalue weighted by Crippen LogP contribution is -2.36. The van der Waals surface area contributed by atoms with Gasteiger partial charge in [0.05, 0.1) is 9.35 Å². The van der Waals surface area contributed by atoms with E-state index in [1.165, 1.54) is 6.42 Å². The third kappa shape index (κ3) is 6.93. The summed E-state index contributed by atoms with van der Waals surface area (Å²) in [5, 5.41) is 18.6. The molecule has 1 saturated carbocycles. The maximum atomic E-state index is 13.3. The van der Waals surface area contributed by atoms with E-state index in [9.17, 15) is 19.5 Å². The van der Waals surface area contributed by atoms with E-state index in [2.05, 4.69) is 15.9 Å². The normalized spacial score (nSPS) is 13.6. The number of carbonyl (C=O) groups is 3. The molecular formula is C28H28BrNO7S. The van der Waals surface area contributed by atoms with Gasteiger partial charge in [0.25, 0.3) is 0 Å². The largest absolute Gasteiger partial charge is 0.479 e. The van der Waals surface area contributed by atoms with Crippen LogP contribution in [0.15, 0.2) is 59.1 Å². The number of carboxylic acid groups (broad SMARTS) is 2. The molecule has 200 valence electrons. The van der Waals surface area contributed by atoms with Crippen LogP contribution in [0.25, 0.3) is 10.4 Å². The Morgan fingerprint density at radius 1 is 1.00 bits per heavy atom. The van der Waals surface area contributed by atoms with Crippen molar-refractivity contribution in [3.05, 3.63) is 69.5 Å². The van der Waals surface area contributed by atoms with Gasteiger partial charge >= 0.3 is 18.0 Å². The van der Waals surface area contributed by atoms with Crippen LogP contribution in [0, 0.1) is 5.92 Å². The lowest BCUT2D eigenvalue weighted by Gasteiger charge is -2.29. The van der Waals surface area contributed by atoms with Crippen LogP contribution in [0.4, 0.5) is 10.5 Å². The van der Waals surface area contributed by atoms with Crippen molar-refractivity contribution in [2.45, 2.75) is 38.7 Å². The van der Waals surface area contributed by atoms with Gasteiger partial charge in [0.2, 0.25) is 0 Å². The molecule has 0 unspecified atom stereocenters. The number of amides is 1. The van der Waals surface area contributed by atoms with Crippen LogP contribution < -0.4 is 9.64 Å². The van der Waals surface area contributed by atoms with Crippen LogP contribution in [0.3, 0.4) is 0 Å². The van der Waals surface area contributed by atoms with Crippen LogP contribution in [-0.4, -0.2) is 41.4 Å². The summed E-state index contributed by atoms with van der Waals surface area (Å²) in [6.45, 7) is 0.0107. The molecular weight excluding hydrogens is 574 g/mol. The van der Waals surface area contributed by atoms with Gasteiger partial charge in [-0.25, -0.2) is 14.4 Å². The van der Waals surface area contributed by atoms with Gasteiger partial charge in [-0.3, -0.25) is 4.90 Å². The summed E-state index contributed by atoms with van der Waals surface area (Å²) in [5.41, 5.74) is 2.19. The fraction of sp³-hybridized carbons (Fsp3) is 0.321. The molecule has 3 aromatic rings. The number of aliphatic carboxylic acids is 1. The number of halogens is 1. The lowest BCUT2D eigenvalue weighted by molar-refractivity contribution is -0.139. The van der Waals surface area contributed by atoms with Gasteiger partial charge in [0.15, 0.2) is 17.2 Å². The molecule has 1 heterocycles. The third-order valence-corrected chi connectivity index (χ3v) is 8.58. The Balaban J connectivity index is 1.64. The number of hydrogen-bond donors (Lipinski definition) is 2. The van der Waals surface area contributed by atoms with E-state index in [0.29, 0.717) is 33.1 Å². The molecule has 0 bridgehead atoms. The van der Waals surface area contributed by atoms with Crippen molar-refractivity contribution >= 4 is 51.0 Å². The van der Waals surface area contributed by atoms with Crippen molar-refractivity contribution in [1.29, 1.82) is 0 Å². The SMILES string of the molecule is O=C(O)COc1c(C(=O)O)sc(-c2cccc(N(CC3CCCCC3)C(=O)OCc3ccccc3)c2)c1Br. The third-order valence-electron chi connectivity index (χ3n) is 6.35. The molecule has 1 aliphatic carbocycles. The van der Waals surface area contributed by atoms with Gasteiger partial charge in [-0.2, -0.15) is 0 Å². The number of hydrogen-bond acceptors (Lipinski definition) is 6. The van der Waals surface area contributed by atoms with Crippen LogP contribution in [0.5, 0.6) is 5.75 Å². The number of benzene rings is 2. The van der Waals surface area contributed by atoms with E-state index in [-0.39, 0.29) is 17.2 Å². The van der Waals surface area contributed by atoms with Gasteiger partial charge in [0.1, 0.15) is 6.61 Å². The molecule has 2 aromatic carbocycles. The van der Waals surface area contributed by atoms with Gasteiger partial charge in [0, 0.05) is 12.2 Å². The molecule has 0 aliphatic heterocycles. The highest BCUT2D eigenvalue weighted by atomic mass is 79.9. The maximum Gasteiger partial charge on any atom is 0.414 e. The highest BCUT2D eigenvalue weighted by Gasteiger charge is 2.27. The first-order chi connectivity index (χ1) is 18.3. The second-order valence-corrected chi connectivity index (χ2v) is 10.9. The van der Waals surface area contributed by atoms with Crippen LogP contribution in [0.2, 0.25) is 0 Å². The average Bonchev–Trinajstić information content (AvgIpc) is 3.26. The highest BCUT2D eigenvalue weighted by Crippen LogP contribution is 2.46. The Hall–Kier alpha value is -3.37. The Morgan fingerprint density at radius 2 is 1.74 bits per heavy atom. The minimum Gasteiger partial charge on any atom is -0.479 e. The minimum atomic E-state index is -1.22. The zero-order valence-corrected chi connectivity index (χ0v) is 23.0. The summed E-state index contributed by atoms with van der Waals surface area (Å²) >= 11 is 4.37. The monoisotopic (exact) mass is 601 g/mol. The van der Waals surface area contributed by atoms with Gasteiger partial charge in [-0.1, -0.05) is 61.7 Å². The fourth-order valence-electron chi connectivity index (χ4n) is 4.51. The quantitative estimate of drug-likeness (QED) is 0.255. The molecule has 1 amide bonds. The fourth-order valence-corrected chi connectivity index (χ4v) is 6.40. The first kappa shape index (κ1) is 27.7.